The molecule has 0 unspecified atom stereocenters. The van der Waals surface area contributed by atoms with Gasteiger partial charge in [0.05, 0.1) is 5.69 Å². The number of rotatable bonds is 2. The lowest BCUT2D eigenvalue weighted by Gasteiger charge is -2.23. The molecule has 1 aliphatic heterocycles. The molecule has 0 aromatic heterocycles. The van der Waals surface area contributed by atoms with Crippen LogP contribution >= 0.6 is 11.6 Å². The summed E-state index contributed by atoms with van der Waals surface area (Å²) in [7, 11) is -3.64. The van der Waals surface area contributed by atoms with Gasteiger partial charge < -0.3 is 0 Å². The monoisotopic (exact) mass is 388 g/mol. The lowest BCUT2D eigenvalue weighted by Crippen LogP contribution is -2.34. The lowest BCUT2D eigenvalue weighted by molar-refractivity contribution is 0.584. The van der Waals surface area contributed by atoms with Crippen LogP contribution in [0.5, 0.6) is 0 Å². The zero-order valence-corrected chi connectivity index (χ0v) is 15.0. The van der Waals surface area contributed by atoms with E-state index in [-0.39, 0.29) is 12.4 Å². The highest BCUT2D eigenvalue weighted by Gasteiger charge is 2.23. The van der Waals surface area contributed by atoms with E-state index >= 15 is 0 Å². The maximum atomic E-state index is 14.7. The molecule has 0 atom stereocenters. The summed E-state index contributed by atoms with van der Waals surface area (Å²) < 4.78 is 43.3. The van der Waals surface area contributed by atoms with Crippen LogP contribution in [0.25, 0.3) is 22.3 Å². The van der Waals surface area contributed by atoms with E-state index in [4.69, 9.17) is 11.6 Å². The van der Waals surface area contributed by atoms with E-state index in [9.17, 15) is 12.8 Å². The maximum absolute atomic E-state index is 14.7. The standard InChI is InChI=1S/C19H14ClFN2O2S/c20-15-8-14-11-22-26(24,25)23-19(14)17(10-15)13-6-7-16(18(21)9-13)12-4-2-1-3-5-12/h1-10,22-23H,11H2. The van der Waals surface area contributed by atoms with E-state index in [0.29, 0.717) is 33.0 Å². The predicted octanol–water partition coefficient (Wildman–Crippen LogP) is 4.57. The van der Waals surface area contributed by atoms with Crippen LogP contribution in [0.1, 0.15) is 5.56 Å². The van der Waals surface area contributed by atoms with Crippen LogP contribution in [0.3, 0.4) is 0 Å². The van der Waals surface area contributed by atoms with Crippen LogP contribution in [-0.2, 0) is 16.8 Å². The van der Waals surface area contributed by atoms with Crippen molar-refractivity contribution in [2.45, 2.75) is 6.54 Å². The molecule has 1 aliphatic rings. The number of halogens is 2. The average Bonchev–Trinajstić information content (AvgIpc) is 2.62. The third-order valence-electron chi connectivity index (χ3n) is 4.24. The number of fused-ring (bicyclic) bond motifs is 1. The Balaban J connectivity index is 1.84. The second-order valence-corrected chi connectivity index (χ2v) is 7.91. The topological polar surface area (TPSA) is 58.2 Å². The molecular formula is C19H14ClFN2O2S. The first-order valence-electron chi connectivity index (χ1n) is 7.88. The molecule has 132 valence electrons. The highest BCUT2D eigenvalue weighted by Crippen LogP contribution is 2.38. The molecule has 0 bridgehead atoms. The summed E-state index contributed by atoms with van der Waals surface area (Å²) in [6, 6.07) is 17.4. The lowest BCUT2D eigenvalue weighted by atomic mass is 9.97. The average molecular weight is 389 g/mol. The van der Waals surface area contributed by atoms with Crippen LogP contribution < -0.4 is 9.44 Å². The summed E-state index contributed by atoms with van der Waals surface area (Å²) >= 11 is 6.17. The van der Waals surface area contributed by atoms with Crippen LogP contribution in [0.2, 0.25) is 5.02 Å². The molecule has 1 heterocycles. The highest BCUT2D eigenvalue weighted by atomic mass is 35.5. The Morgan fingerprint density at radius 2 is 1.69 bits per heavy atom. The van der Waals surface area contributed by atoms with E-state index in [1.807, 2.05) is 30.3 Å². The largest absolute Gasteiger partial charge is 0.299 e. The van der Waals surface area contributed by atoms with Crippen molar-refractivity contribution in [1.82, 2.24) is 4.72 Å². The Kier molecular flexibility index (Phi) is 4.19. The zero-order chi connectivity index (χ0) is 18.3. The van der Waals surface area contributed by atoms with Gasteiger partial charge in [-0.05, 0) is 34.9 Å². The van der Waals surface area contributed by atoms with Crippen LogP contribution in [0.15, 0.2) is 60.7 Å². The third-order valence-corrected chi connectivity index (χ3v) is 5.45. The Labute approximate surface area is 155 Å². The molecule has 3 aromatic carbocycles. The van der Waals surface area contributed by atoms with Crippen molar-refractivity contribution in [3.63, 3.8) is 0 Å². The summed E-state index contributed by atoms with van der Waals surface area (Å²) in [5.41, 5.74) is 3.46. The maximum Gasteiger partial charge on any atom is 0.299 e. The first-order valence-corrected chi connectivity index (χ1v) is 9.74. The SMILES string of the molecule is O=S1(=O)NCc2cc(Cl)cc(-c3ccc(-c4ccccc4)c(F)c3)c2N1. The van der Waals surface area contributed by atoms with Crippen molar-refractivity contribution in [3.8, 4) is 22.3 Å². The fourth-order valence-corrected chi connectivity index (χ4v) is 4.20. The Bertz CT molecular complexity index is 1100. The van der Waals surface area contributed by atoms with Gasteiger partial charge in [-0.2, -0.15) is 13.1 Å². The molecule has 26 heavy (non-hydrogen) atoms. The Morgan fingerprint density at radius 1 is 0.923 bits per heavy atom. The minimum Gasteiger partial charge on any atom is -0.270 e. The molecule has 0 saturated carbocycles. The number of benzene rings is 3. The fourth-order valence-electron chi connectivity index (χ4n) is 3.03. The number of hydrogen-bond donors (Lipinski definition) is 2. The molecule has 0 saturated heterocycles. The normalized spacial score (nSPS) is 15.2. The van der Waals surface area contributed by atoms with Gasteiger partial charge in [0, 0.05) is 22.7 Å². The van der Waals surface area contributed by atoms with Gasteiger partial charge in [-0.3, -0.25) is 4.72 Å². The number of hydrogen-bond acceptors (Lipinski definition) is 2. The van der Waals surface area contributed by atoms with Crippen molar-refractivity contribution < 1.29 is 12.8 Å². The van der Waals surface area contributed by atoms with Gasteiger partial charge >= 0.3 is 0 Å². The van der Waals surface area contributed by atoms with Crippen molar-refractivity contribution in [3.05, 3.63) is 77.1 Å². The molecule has 2 N–H and O–H groups in total. The van der Waals surface area contributed by atoms with Crippen molar-refractivity contribution in [2.24, 2.45) is 0 Å². The summed E-state index contributed by atoms with van der Waals surface area (Å²) in [4.78, 5) is 0. The second-order valence-electron chi connectivity index (χ2n) is 5.97. The zero-order valence-electron chi connectivity index (χ0n) is 13.5. The fraction of sp³-hybridized carbons (Fsp3) is 0.0526. The molecule has 7 heteroatoms. The Hall–Kier alpha value is -2.41. The summed E-state index contributed by atoms with van der Waals surface area (Å²) in [5.74, 6) is -0.390. The molecule has 0 radical (unpaired) electrons. The number of anilines is 1. The second kappa shape index (κ2) is 6.39. The minimum atomic E-state index is -3.64. The van der Waals surface area contributed by atoms with Gasteiger partial charge in [-0.1, -0.05) is 54.1 Å². The van der Waals surface area contributed by atoms with Gasteiger partial charge in [0.25, 0.3) is 10.2 Å². The van der Waals surface area contributed by atoms with Crippen LogP contribution in [0, 0.1) is 5.82 Å². The molecule has 0 aliphatic carbocycles. The van der Waals surface area contributed by atoms with Gasteiger partial charge in [-0.25, -0.2) is 4.39 Å². The Morgan fingerprint density at radius 3 is 2.42 bits per heavy atom. The van der Waals surface area contributed by atoms with Crippen LogP contribution in [-0.4, -0.2) is 8.42 Å². The summed E-state index contributed by atoms with van der Waals surface area (Å²) in [6.07, 6.45) is 0. The number of nitrogens with one attached hydrogen (secondary N) is 2. The van der Waals surface area contributed by atoms with E-state index in [1.165, 1.54) is 6.07 Å². The first-order chi connectivity index (χ1) is 12.4. The smallest absolute Gasteiger partial charge is 0.270 e. The summed E-state index contributed by atoms with van der Waals surface area (Å²) in [6.45, 7) is 0.128. The summed E-state index contributed by atoms with van der Waals surface area (Å²) in [5, 5.41) is 0.453. The molecule has 0 fully saturated rings. The third kappa shape index (κ3) is 3.19. The molecule has 0 amide bonds. The van der Waals surface area contributed by atoms with Gasteiger partial charge in [-0.15, -0.1) is 0 Å². The first kappa shape index (κ1) is 17.0. The van der Waals surface area contributed by atoms with E-state index < -0.39 is 10.2 Å². The predicted molar refractivity (Wildman–Crippen MR) is 102 cm³/mol. The van der Waals surface area contributed by atoms with E-state index in [2.05, 4.69) is 9.44 Å². The van der Waals surface area contributed by atoms with Gasteiger partial charge in [0.1, 0.15) is 5.82 Å². The molecular weight excluding hydrogens is 375 g/mol. The molecule has 4 nitrogen and oxygen atoms in total. The molecule has 0 spiro atoms. The van der Waals surface area contributed by atoms with E-state index in [1.54, 1.807) is 24.3 Å². The molecule has 3 aromatic rings. The van der Waals surface area contributed by atoms with Crippen molar-refractivity contribution in [2.75, 3.05) is 4.72 Å². The molecule has 4 rings (SSSR count). The van der Waals surface area contributed by atoms with E-state index in [0.717, 1.165) is 5.56 Å². The van der Waals surface area contributed by atoms with Gasteiger partial charge in [0.15, 0.2) is 0 Å². The van der Waals surface area contributed by atoms with Gasteiger partial charge in [0.2, 0.25) is 0 Å². The quantitative estimate of drug-likeness (QED) is 0.675. The highest BCUT2D eigenvalue weighted by molar-refractivity contribution is 7.90. The van der Waals surface area contributed by atoms with Crippen LogP contribution in [0.4, 0.5) is 10.1 Å². The van der Waals surface area contributed by atoms with Crippen molar-refractivity contribution in [1.29, 1.82) is 0 Å². The minimum absolute atomic E-state index is 0.128. The van der Waals surface area contributed by atoms with Crippen molar-refractivity contribution >= 4 is 27.5 Å².